The highest BCUT2D eigenvalue weighted by molar-refractivity contribution is 6.43. The molecule has 17 heavy (non-hydrogen) atoms. The molecular weight excluding hydrogens is 259 g/mol. The number of amides is 1. The molecule has 3 N–H and O–H groups in total. The molecule has 1 aromatic rings. The highest BCUT2D eigenvalue weighted by Gasteiger charge is 2.29. The Morgan fingerprint density at radius 3 is 2.82 bits per heavy atom. The summed E-state index contributed by atoms with van der Waals surface area (Å²) in [6.45, 7) is 0. The number of carbonyl (C=O) groups is 1. The van der Waals surface area contributed by atoms with Gasteiger partial charge in [-0.2, -0.15) is 0 Å². The van der Waals surface area contributed by atoms with Gasteiger partial charge in [0.2, 0.25) is 5.91 Å². The van der Waals surface area contributed by atoms with Gasteiger partial charge in [-0.05, 0) is 30.9 Å². The molecular formula is C12H14Cl2N2O. The first-order valence-electron chi connectivity index (χ1n) is 5.57. The zero-order chi connectivity index (χ0) is 12.4. The third-order valence-corrected chi connectivity index (χ3v) is 3.69. The third kappa shape index (κ3) is 3.35. The summed E-state index contributed by atoms with van der Waals surface area (Å²) in [7, 11) is 0. The van der Waals surface area contributed by atoms with Crippen molar-refractivity contribution < 1.29 is 4.79 Å². The topological polar surface area (TPSA) is 55.1 Å². The smallest absolute Gasteiger partial charge is 0.225 e. The average molecular weight is 273 g/mol. The summed E-state index contributed by atoms with van der Waals surface area (Å²) in [5, 5.41) is 3.52. The monoisotopic (exact) mass is 272 g/mol. The van der Waals surface area contributed by atoms with E-state index in [0.29, 0.717) is 28.1 Å². The van der Waals surface area contributed by atoms with Crippen molar-refractivity contribution in [3.05, 3.63) is 28.2 Å². The van der Waals surface area contributed by atoms with Gasteiger partial charge in [-0.15, -0.1) is 0 Å². The highest BCUT2D eigenvalue weighted by Crippen LogP contribution is 2.33. The predicted molar refractivity (Wildman–Crippen MR) is 70.4 cm³/mol. The first-order valence-corrected chi connectivity index (χ1v) is 6.33. The lowest BCUT2D eigenvalue weighted by Crippen LogP contribution is -2.28. The standard InChI is InChI=1S/C12H14Cl2N2O/c13-8-2-1-3-10(12(8)14)16-11(17)6-9(15)7-4-5-7/h1-3,7,9H,4-6,15H2,(H,16,17). The molecule has 1 aromatic carbocycles. The number of nitrogens with two attached hydrogens (primary N) is 1. The number of anilines is 1. The third-order valence-electron chi connectivity index (χ3n) is 2.87. The van der Waals surface area contributed by atoms with E-state index in [2.05, 4.69) is 5.32 Å². The number of halogens is 2. The molecule has 1 saturated carbocycles. The van der Waals surface area contributed by atoms with Crippen molar-refractivity contribution in [2.24, 2.45) is 11.7 Å². The second kappa shape index (κ2) is 5.25. The van der Waals surface area contributed by atoms with Gasteiger partial charge in [0, 0.05) is 12.5 Å². The first-order chi connectivity index (χ1) is 8.08. The van der Waals surface area contributed by atoms with Crippen LogP contribution in [0.25, 0.3) is 0 Å². The number of nitrogens with one attached hydrogen (secondary N) is 1. The van der Waals surface area contributed by atoms with E-state index in [1.54, 1.807) is 18.2 Å². The van der Waals surface area contributed by atoms with Crippen LogP contribution in [0.15, 0.2) is 18.2 Å². The lowest BCUT2D eigenvalue weighted by molar-refractivity contribution is -0.116. The minimum absolute atomic E-state index is 0.0482. The molecule has 1 aliphatic rings. The maximum absolute atomic E-state index is 11.7. The van der Waals surface area contributed by atoms with E-state index >= 15 is 0 Å². The normalized spacial score (nSPS) is 16.6. The van der Waals surface area contributed by atoms with Crippen molar-refractivity contribution in [1.29, 1.82) is 0 Å². The SMILES string of the molecule is NC(CC(=O)Nc1cccc(Cl)c1Cl)C1CC1. The minimum atomic E-state index is -0.117. The molecule has 0 saturated heterocycles. The zero-order valence-electron chi connectivity index (χ0n) is 9.25. The number of benzene rings is 1. The van der Waals surface area contributed by atoms with Gasteiger partial charge < -0.3 is 11.1 Å². The van der Waals surface area contributed by atoms with Crippen LogP contribution in [-0.4, -0.2) is 11.9 Å². The molecule has 1 unspecified atom stereocenters. The Labute approximate surface area is 110 Å². The van der Waals surface area contributed by atoms with Crippen LogP contribution in [0.5, 0.6) is 0 Å². The molecule has 0 bridgehead atoms. The summed E-state index contributed by atoms with van der Waals surface area (Å²) in [5.41, 5.74) is 6.42. The quantitative estimate of drug-likeness (QED) is 0.885. The van der Waals surface area contributed by atoms with Crippen LogP contribution in [0, 0.1) is 5.92 Å². The molecule has 0 aromatic heterocycles. The molecule has 1 atom stereocenters. The van der Waals surface area contributed by atoms with Crippen LogP contribution in [0.3, 0.4) is 0 Å². The van der Waals surface area contributed by atoms with Crippen molar-refractivity contribution in [2.45, 2.75) is 25.3 Å². The van der Waals surface area contributed by atoms with E-state index in [1.165, 1.54) is 0 Å². The molecule has 1 amide bonds. The van der Waals surface area contributed by atoms with Crippen LogP contribution >= 0.6 is 23.2 Å². The van der Waals surface area contributed by atoms with Crippen molar-refractivity contribution in [3.63, 3.8) is 0 Å². The van der Waals surface area contributed by atoms with Crippen LogP contribution < -0.4 is 11.1 Å². The second-order valence-corrected chi connectivity index (χ2v) is 5.14. The lowest BCUT2D eigenvalue weighted by atomic mass is 10.1. The molecule has 1 aliphatic carbocycles. The Morgan fingerprint density at radius 1 is 1.47 bits per heavy atom. The van der Waals surface area contributed by atoms with Crippen LogP contribution in [0.4, 0.5) is 5.69 Å². The van der Waals surface area contributed by atoms with Crippen LogP contribution in [0.2, 0.25) is 10.0 Å². The van der Waals surface area contributed by atoms with E-state index in [4.69, 9.17) is 28.9 Å². The van der Waals surface area contributed by atoms with Crippen molar-refractivity contribution >= 4 is 34.8 Å². The molecule has 0 spiro atoms. The molecule has 5 heteroatoms. The van der Waals surface area contributed by atoms with E-state index in [0.717, 1.165) is 12.8 Å². The van der Waals surface area contributed by atoms with Gasteiger partial charge in [-0.1, -0.05) is 29.3 Å². The summed E-state index contributed by atoms with van der Waals surface area (Å²) in [6.07, 6.45) is 2.59. The van der Waals surface area contributed by atoms with Gasteiger partial charge >= 0.3 is 0 Å². The van der Waals surface area contributed by atoms with Gasteiger partial charge in [-0.25, -0.2) is 0 Å². The highest BCUT2D eigenvalue weighted by atomic mass is 35.5. The second-order valence-electron chi connectivity index (χ2n) is 4.35. The van der Waals surface area contributed by atoms with Crippen LogP contribution in [-0.2, 0) is 4.79 Å². The fraction of sp³-hybridized carbons (Fsp3) is 0.417. The van der Waals surface area contributed by atoms with Crippen molar-refractivity contribution in [3.8, 4) is 0 Å². The lowest BCUT2D eigenvalue weighted by Gasteiger charge is -2.11. The zero-order valence-corrected chi connectivity index (χ0v) is 10.8. The Morgan fingerprint density at radius 2 is 2.18 bits per heavy atom. The van der Waals surface area contributed by atoms with Gasteiger partial charge in [0.25, 0.3) is 0 Å². The summed E-state index contributed by atoms with van der Waals surface area (Å²) < 4.78 is 0. The molecule has 92 valence electrons. The van der Waals surface area contributed by atoms with Crippen molar-refractivity contribution in [1.82, 2.24) is 0 Å². The Balaban J connectivity index is 1.95. The van der Waals surface area contributed by atoms with E-state index in [9.17, 15) is 4.79 Å². The number of hydrogen-bond acceptors (Lipinski definition) is 2. The Kier molecular flexibility index (Phi) is 3.92. The largest absolute Gasteiger partial charge is 0.327 e. The summed E-state index contributed by atoms with van der Waals surface area (Å²) in [4.78, 5) is 11.7. The summed E-state index contributed by atoms with van der Waals surface area (Å²) in [5.74, 6) is 0.393. The van der Waals surface area contributed by atoms with Gasteiger partial charge in [-0.3, -0.25) is 4.79 Å². The predicted octanol–water partition coefficient (Wildman–Crippen LogP) is 3.06. The Hall–Kier alpha value is -0.770. The molecule has 0 aliphatic heterocycles. The molecule has 0 radical (unpaired) electrons. The summed E-state index contributed by atoms with van der Waals surface area (Å²) in [6, 6.07) is 5.09. The maximum atomic E-state index is 11.7. The maximum Gasteiger partial charge on any atom is 0.225 e. The van der Waals surface area contributed by atoms with E-state index in [1.807, 2.05) is 0 Å². The average Bonchev–Trinajstić information content (AvgIpc) is 3.08. The first kappa shape index (κ1) is 12.7. The van der Waals surface area contributed by atoms with Crippen LogP contribution in [0.1, 0.15) is 19.3 Å². The number of hydrogen-bond donors (Lipinski definition) is 2. The fourth-order valence-corrected chi connectivity index (χ4v) is 2.05. The van der Waals surface area contributed by atoms with E-state index < -0.39 is 0 Å². The van der Waals surface area contributed by atoms with E-state index in [-0.39, 0.29) is 11.9 Å². The molecule has 2 rings (SSSR count). The number of carbonyl (C=O) groups excluding carboxylic acids is 1. The van der Waals surface area contributed by atoms with Gasteiger partial charge in [0.1, 0.15) is 0 Å². The van der Waals surface area contributed by atoms with Gasteiger partial charge in [0.15, 0.2) is 0 Å². The molecule has 1 fully saturated rings. The molecule has 0 heterocycles. The number of rotatable bonds is 4. The minimum Gasteiger partial charge on any atom is -0.327 e. The Bertz CT molecular complexity index is 433. The van der Waals surface area contributed by atoms with Crippen molar-refractivity contribution in [2.75, 3.05) is 5.32 Å². The van der Waals surface area contributed by atoms with Gasteiger partial charge in [0.05, 0.1) is 15.7 Å². The fourth-order valence-electron chi connectivity index (χ4n) is 1.71. The summed E-state index contributed by atoms with van der Waals surface area (Å²) >= 11 is 11.8. The molecule has 3 nitrogen and oxygen atoms in total.